The van der Waals surface area contributed by atoms with E-state index in [1.807, 2.05) is 44.9 Å². The van der Waals surface area contributed by atoms with Gasteiger partial charge in [-0.3, -0.25) is 9.79 Å². The van der Waals surface area contributed by atoms with Crippen molar-refractivity contribution < 1.29 is 4.79 Å². The van der Waals surface area contributed by atoms with Crippen molar-refractivity contribution in [3.05, 3.63) is 35.4 Å². The molecule has 23 heavy (non-hydrogen) atoms. The number of carbonyl (C=O) groups is 1. The number of aryl methyl sites for hydroxylation is 1. The lowest BCUT2D eigenvalue weighted by atomic mass is 10.1. The molecular weight excluding hydrogens is 403 g/mol. The zero-order valence-electron chi connectivity index (χ0n) is 14.9. The highest BCUT2D eigenvalue weighted by Crippen LogP contribution is 2.09. The van der Waals surface area contributed by atoms with Gasteiger partial charge in [-0.25, -0.2) is 0 Å². The molecule has 0 heterocycles. The molecule has 0 radical (unpaired) electrons. The molecule has 0 aliphatic heterocycles. The van der Waals surface area contributed by atoms with Gasteiger partial charge in [0.2, 0.25) is 5.91 Å². The first-order valence-corrected chi connectivity index (χ1v) is 7.50. The fourth-order valence-electron chi connectivity index (χ4n) is 2.12. The van der Waals surface area contributed by atoms with Crippen molar-refractivity contribution in [1.29, 1.82) is 0 Å². The van der Waals surface area contributed by atoms with E-state index in [4.69, 9.17) is 0 Å². The third-order valence-electron chi connectivity index (χ3n) is 3.16. The normalized spacial score (nSPS) is 11.5. The molecule has 0 spiro atoms. The van der Waals surface area contributed by atoms with E-state index in [-0.39, 0.29) is 42.0 Å². The van der Waals surface area contributed by atoms with Crippen molar-refractivity contribution in [3.63, 3.8) is 0 Å². The molecule has 0 aliphatic carbocycles. The molecule has 0 aliphatic rings. The molecule has 6 heteroatoms. The van der Waals surface area contributed by atoms with E-state index in [2.05, 4.69) is 34.7 Å². The van der Waals surface area contributed by atoms with Crippen LogP contribution in [0.25, 0.3) is 0 Å². The Kier molecular flexibility index (Phi) is 9.19. The number of hydrogen-bond acceptors (Lipinski definition) is 2. The Balaban J connectivity index is 0.00000484. The van der Waals surface area contributed by atoms with Crippen molar-refractivity contribution in [3.8, 4) is 0 Å². The van der Waals surface area contributed by atoms with Gasteiger partial charge < -0.3 is 15.5 Å². The molecule has 0 saturated heterocycles. The van der Waals surface area contributed by atoms with Crippen LogP contribution < -0.4 is 10.6 Å². The quantitative estimate of drug-likeness (QED) is 0.437. The molecule has 0 unspecified atom stereocenters. The number of nitrogens with one attached hydrogen (secondary N) is 2. The number of amides is 1. The van der Waals surface area contributed by atoms with Gasteiger partial charge in [0.25, 0.3) is 0 Å². The first-order chi connectivity index (χ1) is 10.2. The van der Waals surface area contributed by atoms with Gasteiger partial charge in [-0.2, -0.15) is 0 Å². The molecule has 0 fully saturated rings. The van der Waals surface area contributed by atoms with Crippen molar-refractivity contribution in [2.45, 2.75) is 39.8 Å². The molecule has 0 bridgehead atoms. The maximum Gasteiger partial charge on any atom is 0.239 e. The summed E-state index contributed by atoms with van der Waals surface area (Å²) in [5.74, 6) is 0.658. The summed E-state index contributed by atoms with van der Waals surface area (Å²) in [7, 11) is 3.68. The minimum absolute atomic E-state index is 0. The van der Waals surface area contributed by atoms with Crippen molar-refractivity contribution in [2.24, 2.45) is 4.99 Å². The second kappa shape index (κ2) is 9.75. The van der Waals surface area contributed by atoms with Crippen molar-refractivity contribution >= 4 is 35.8 Å². The van der Waals surface area contributed by atoms with Crippen molar-refractivity contribution in [2.75, 3.05) is 20.6 Å². The summed E-state index contributed by atoms with van der Waals surface area (Å²) in [5, 5.41) is 6.02. The van der Waals surface area contributed by atoms with Gasteiger partial charge in [-0.05, 0) is 38.8 Å². The Morgan fingerprint density at radius 1 is 1.26 bits per heavy atom. The van der Waals surface area contributed by atoms with Gasteiger partial charge in [0.1, 0.15) is 0 Å². The lowest BCUT2D eigenvalue weighted by Gasteiger charge is -2.24. The summed E-state index contributed by atoms with van der Waals surface area (Å²) in [6.07, 6.45) is 0. The highest BCUT2D eigenvalue weighted by atomic mass is 127. The second-order valence-corrected chi connectivity index (χ2v) is 6.48. The lowest BCUT2D eigenvalue weighted by molar-refractivity contribution is -0.121. The molecule has 5 nitrogen and oxygen atoms in total. The number of carbonyl (C=O) groups excluding carboxylic acids is 1. The summed E-state index contributed by atoms with van der Waals surface area (Å²) < 4.78 is 0. The Morgan fingerprint density at radius 3 is 2.39 bits per heavy atom. The van der Waals surface area contributed by atoms with Gasteiger partial charge in [0, 0.05) is 26.2 Å². The molecule has 1 aromatic rings. The third kappa shape index (κ3) is 8.20. The van der Waals surface area contributed by atoms with Crippen molar-refractivity contribution in [1.82, 2.24) is 15.5 Å². The largest absolute Gasteiger partial charge is 0.350 e. The highest BCUT2D eigenvalue weighted by Gasteiger charge is 2.15. The molecule has 0 saturated carbocycles. The van der Waals surface area contributed by atoms with Crippen LogP contribution >= 0.6 is 24.0 Å². The summed E-state index contributed by atoms with van der Waals surface area (Å²) in [6.45, 7) is 8.93. The van der Waals surface area contributed by atoms with E-state index in [0.717, 1.165) is 6.54 Å². The van der Waals surface area contributed by atoms with Gasteiger partial charge in [0.05, 0.1) is 6.54 Å². The SMILES string of the molecule is CN=C(NCC(=O)NC(C)(C)C)N(C)Cc1ccccc1C.I. The number of rotatable bonds is 4. The topological polar surface area (TPSA) is 56.7 Å². The van der Waals surface area contributed by atoms with E-state index in [9.17, 15) is 4.79 Å². The zero-order chi connectivity index (χ0) is 16.8. The van der Waals surface area contributed by atoms with Crippen LogP contribution in [0, 0.1) is 6.92 Å². The van der Waals surface area contributed by atoms with Crippen LogP contribution in [0.5, 0.6) is 0 Å². The molecular formula is C17H29IN4O. The number of aliphatic imine (C=N–C) groups is 1. The number of hydrogen-bond donors (Lipinski definition) is 2. The minimum Gasteiger partial charge on any atom is -0.350 e. The Morgan fingerprint density at radius 2 is 1.87 bits per heavy atom. The average molecular weight is 432 g/mol. The van der Waals surface area contributed by atoms with E-state index in [0.29, 0.717) is 5.96 Å². The molecule has 1 aromatic carbocycles. The number of halogens is 1. The summed E-state index contributed by atoms with van der Waals surface area (Å²) in [4.78, 5) is 18.1. The Hall–Kier alpha value is -1.31. The number of guanidine groups is 1. The van der Waals surface area contributed by atoms with E-state index in [1.165, 1.54) is 11.1 Å². The summed E-state index contributed by atoms with van der Waals surface area (Å²) in [5.41, 5.74) is 2.26. The third-order valence-corrected chi connectivity index (χ3v) is 3.16. The van der Waals surface area contributed by atoms with E-state index in [1.54, 1.807) is 7.05 Å². The van der Waals surface area contributed by atoms with Crippen LogP contribution in [-0.2, 0) is 11.3 Å². The Bertz CT molecular complexity index is 538. The zero-order valence-corrected chi connectivity index (χ0v) is 17.3. The summed E-state index contributed by atoms with van der Waals surface area (Å²) >= 11 is 0. The van der Waals surface area contributed by atoms with Crippen LogP contribution in [0.15, 0.2) is 29.3 Å². The maximum atomic E-state index is 11.9. The number of nitrogens with zero attached hydrogens (tertiary/aromatic N) is 2. The van der Waals surface area contributed by atoms with Gasteiger partial charge in [0.15, 0.2) is 5.96 Å². The van der Waals surface area contributed by atoms with E-state index >= 15 is 0 Å². The first kappa shape index (κ1) is 21.7. The minimum atomic E-state index is -0.227. The van der Waals surface area contributed by atoms with Gasteiger partial charge >= 0.3 is 0 Å². The first-order valence-electron chi connectivity index (χ1n) is 7.50. The predicted molar refractivity (Wildman–Crippen MR) is 107 cm³/mol. The highest BCUT2D eigenvalue weighted by molar-refractivity contribution is 14.0. The lowest BCUT2D eigenvalue weighted by Crippen LogP contribution is -2.48. The molecule has 0 aromatic heterocycles. The van der Waals surface area contributed by atoms with Crippen LogP contribution in [0.2, 0.25) is 0 Å². The molecule has 2 N–H and O–H groups in total. The van der Waals surface area contributed by atoms with Crippen LogP contribution in [0.3, 0.4) is 0 Å². The predicted octanol–water partition coefficient (Wildman–Crippen LogP) is 2.53. The van der Waals surface area contributed by atoms with Gasteiger partial charge in [-0.15, -0.1) is 24.0 Å². The molecule has 1 rings (SSSR count). The summed E-state index contributed by atoms with van der Waals surface area (Å²) in [6, 6.07) is 8.26. The molecule has 1 amide bonds. The maximum absolute atomic E-state index is 11.9. The average Bonchev–Trinajstić information content (AvgIpc) is 2.40. The molecule has 130 valence electrons. The monoisotopic (exact) mass is 432 g/mol. The van der Waals surface area contributed by atoms with Crippen LogP contribution in [-0.4, -0.2) is 42.9 Å². The second-order valence-electron chi connectivity index (χ2n) is 6.48. The fourth-order valence-corrected chi connectivity index (χ4v) is 2.12. The fraction of sp³-hybridized carbons (Fsp3) is 0.529. The van der Waals surface area contributed by atoms with E-state index < -0.39 is 0 Å². The smallest absolute Gasteiger partial charge is 0.239 e. The standard InChI is InChI=1S/C17H28N4O.HI/c1-13-9-7-8-10-14(13)12-21(6)16(18-5)19-11-15(22)20-17(2,3)4;/h7-10H,11-12H2,1-6H3,(H,18,19)(H,20,22);1H. The molecule has 0 atom stereocenters. The van der Waals surface area contributed by atoms with Gasteiger partial charge in [-0.1, -0.05) is 24.3 Å². The van der Waals surface area contributed by atoms with Crippen LogP contribution in [0.1, 0.15) is 31.9 Å². The number of benzene rings is 1. The Labute approximate surface area is 157 Å². The van der Waals surface area contributed by atoms with Crippen LogP contribution in [0.4, 0.5) is 0 Å².